The Hall–Kier alpha value is -1.32. The van der Waals surface area contributed by atoms with E-state index in [1.165, 1.54) is 7.05 Å². The van der Waals surface area contributed by atoms with E-state index in [-0.39, 0.29) is 23.8 Å². The molecule has 0 atom stereocenters. The van der Waals surface area contributed by atoms with Crippen molar-refractivity contribution in [2.45, 2.75) is 13.3 Å². The molecule has 0 saturated heterocycles. The van der Waals surface area contributed by atoms with Crippen molar-refractivity contribution < 1.29 is 9.59 Å². The van der Waals surface area contributed by atoms with Gasteiger partial charge in [0.25, 0.3) is 0 Å². The van der Waals surface area contributed by atoms with Gasteiger partial charge in [0.2, 0.25) is 11.8 Å². The number of carbonyl (C=O) groups excluding carboxylic acids is 2. The highest BCUT2D eigenvalue weighted by Gasteiger charge is 2.08. The number of rotatable bonds is 4. The fourth-order valence-electron chi connectivity index (χ4n) is 0.648. The highest BCUT2D eigenvalue weighted by molar-refractivity contribution is 5.97. The van der Waals surface area contributed by atoms with Gasteiger partial charge in [0.1, 0.15) is 0 Å². The second-order valence-corrected chi connectivity index (χ2v) is 2.31. The van der Waals surface area contributed by atoms with Gasteiger partial charge in [-0.15, -0.1) is 0 Å². The van der Waals surface area contributed by atoms with Crippen molar-refractivity contribution in [1.29, 1.82) is 0 Å². The third-order valence-electron chi connectivity index (χ3n) is 1.31. The predicted octanol–water partition coefficient (Wildman–Crippen LogP) is -0.185. The van der Waals surface area contributed by atoms with E-state index in [1.54, 1.807) is 0 Å². The summed E-state index contributed by atoms with van der Waals surface area (Å²) < 4.78 is 0. The smallest absolute Gasteiger partial charge is 0.247 e. The molecular formula is C8H14N2O2. The zero-order valence-corrected chi connectivity index (χ0v) is 7.44. The summed E-state index contributed by atoms with van der Waals surface area (Å²) in [7, 11) is 1.52. The fourth-order valence-corrected chi connectivity index (χ4v) is 0.648. The Morgan fingerprint density at radius 3 is 2.42 bits per heavy atom. The molecule has 0 aliphatic heterocycles. The molecule has 0 bridgehead atoms. The van der Waals surface area contributed by atoms with E-state index in [2.05, 4.69) is 17.2 Å². The van der Waals surface area contributed by atoms with Crippen LogP contribution in [0.5, 0.6) is 0 Å². The first kappa shape index (κ1) is 10.7. The quantitative estimate of drug-likeness (QED) is 0.575. The number of hydrogen-bond acceptors (Lipinski definition) is 2. The van der Waals surface area contributed by atoms with Gasteiger partial charge in [-0.05, 0) is 6.92 Å². The Kier molecular flexibility index (Phi) is 4.76. The van der Waals surface area contributed by atoms with Crippen LogP contribution < -0.4 is 10.6 Å². The van der Waals surface area contributed by atoms with Crippen LogP contribution in [0.4, 0.5) is 0 Å². The number of amides is 2. The number of carbonyl (C=O) groups is 2. The molecule has 0 spiro atoms. The van der Waals surface area contributed by atoms with Gasteiger partial charge in [-0.1, -0.05) is 6.58 Å². The van der Waals surface area contributed by atoms with E-state index in [0.29, 0.717) is 6.54 Å². The van der Waals surface area contributed by atoms with Crippen LogP contribution in [0.25, 0.3) is 0 Å². The summed E-state index contributed by atoms with van der Waals surface area (Å²) in [5.41, 5.74) is 0.288. The molecule has 0 fully saturated rings. The van der Waals surface area contributed by atoms with E-state index < -0.39 is 0 Å². The van der Waals surface area contributed by atoms with Crippen molar-refractivity contribution in [2.75, 3.05) is 13.6 Å². The molecule has 0 radical (unpaired) electrons. The summed E-state index contributed by atoms with van der Waals surface area (Å²) in [4.78, 5) is 21.8. The second-order valence-electron chi connectivity index (χ2n) is 2.31. The number of nitrogens with one attached hydrogen (secondary N) is 2. The lowest BCUT2D eigenvalue weighted by atomic mass is 10.2. The third kappa shape index (κ3) is 3.75. The summed E-state index contributed by atoms with van der Waals surface area (Å²) in [6, 6.07) is 0. The molecule has 12 heavy (non-hydrogen) atoms. The van der Waals surface area contributed by atoms with Gasteiger partial charge < -0.3 is 10.6 Å². The lowest BCUT2D eigenvalue weighted by molar-refractivity contribution is -0.122. The summed E-state index contributed by atoms with van der Waals surface area (Å²) >= 11 is 0. The van der Waals surface area contributed by atoms with Crippen molar-refractivity contribution in [3.8, 4) is 0 Å². The van der Waals surface area contributed by atoms with Gasteiger partial charge in [0, 0.05) is 19.2 Å². The van der Waals surface area contributed by atoms with Crippen LogP contribution >= 0.6 is 0 Å². The van der Waals surface area contributed by atoms with E-state index >= 15 is 0 Å². The summed E-state index contributed by atoms with van der Waals surface area (Å²) in [6.07, 6.45) is 0.0579. The monoisotopic (exact) mass is 170 g/mol. The van der Waals surface area contributed by atoms with Crippen LogP contribution in [0.2, 0.25) is 0 Å². The fraction of sp³-hybridized carbons (Fsp3) is 0.500. The molecule has 0 unspecified atom stereocenters. The van der Waals surface area contributed by atoms with Crippen molar-refractivity contribution in [3.05, 3.63) is 12.2 Å². The largest absolute Gasteiger partial charge is 0.359 e. The molecule has 2 N–H and O–H groups in total. The molecule has 4 nitrogen and oxygen atoms in total. The minimum absolute atomic E-state index is 0.0579. The highest BCUT2D eigenvalue weighted by Crippen LogP contribution is 1.96. The van der Waals surface area contributed by atoms with Crippen molar-refractivity contribution in [3.63, 3.8) is 0 Å². The normalized spacial score (nSPS) is 8.83. The maximum Gasteiger partial charge on any atom is 0.247 e. The van der Waals surface area contributed by atoms with Crippen LogP contribution in [0.15, 0.2) is 12.2 Å². The van der Waals surface area contributed by atoms with Gasteiger partial charge in [0.05, 0.1) is 6.42 Å². The van der Waals surface area contributed by atoms with Crippen LogP contribution in [0.1, 0.15) is 13.3 Å². The Bertz CT molecular complexity index is 199. The highest BCUT2D eigenvalue weighted by atomic mass is 16.2. The maximum absolute atomic E-state index is 11.0. The first-order valence-electron chi connectivity index (χ1n) is 3.78. The molecule has 0 aromatic rings. The van der Waals surface area contributed by atoms with Crippen molar-refractivity contribution >= 4 is 11.8 Å². The predicted molar refractivity (Wildman–Crippen MR) is 46.5 cm³/mol. The maximum atomic E-state index is 11.0. The Morgan fingerprint density at radius 1 is 1.42 bits per heavy atom. The van der Waals surface area contributed by atoms with E-state index in [4.69, 9.17) is 0 Å². The van der Waals surface area contributed by atoms with Gasteiger partial charge >= 0.3 is 0 Å². The molecule has 2 amide bonds. The summed E-state index contributed by atoms with van der Waals surface area (Å²) in [5.74, 6) is -0.465. The Labute approximate surface area is 72.0 Å². The average molecular weight is 170 g/mol. The number of likely N-dealkylation sites (N-methyl/N-ethyl adjacent to an activating group) is 1. The molecule has 0 saturated carbocycles. The second kappa shape index (κ2) is 5.35. The van der Waals surface area contributed by atoms with E-state index in [9.17, 15) is 9.59 Å². The zero-order chi connectivity index (χ0) is 9.56. The van der Waals surface area contributed by atoms with Crippen LogP contribution in [-0.4, -0.2) is 25.4 Å². The van der Waals surface area contributed by atoms with Crippen LogP contribution in [-0.2, 0) is 9.59 Å². The van der Waals surface area contributed by atoms with E-state index in [0.717, 1.165) is 0 Å². The molecule has 0 aliphatic carbocycles. The van der Waals surface area contributed by atoms with Gasteiger partial charge in [-0.3, -0.25) is 9.59 Å². The lowest BCUT2D eigenvalue weighted by Crippen LogP contribution is -2.27. The van der Waals surface area contributed by atoms with E-state index in [1.807, 2.05) is 6.92 Å². The minimum Gasteiger partial charge on any atom is -0.359 e. The zero-order valence-electron chi connectivity index (χ0n) is 7.44. The van der Waals surface area contributed by atoms with Gasteiger partial charge in [-0.2, -0.15) is 0 Å². The molecular weight excluding hydrogens is 156 g/mol. The van der Waals surface area contributed by atoms with Gasteiger partial charge in [-0.25, -0.2) is 0 Å². The van der Waals surface area contributed by atoms with Gasteiger partial charge in [0.15, 0.2) is 0 Å². The Balaban J connectivity index is 3.87. The standard InChI is InChI=1S/C8H14N2O2/c1-4-10-8(12)6(2)5-7(11)9-3/h2,4-5H2,1,3H3,(H,9,11)(H,10,12). The molecule has 0 aliphatic rings. The molecule has 0 aromatic heterocycles. The first-order valence-corrected chi connectivity index (χ1v) is 3.78. The molecule has 0 rings (SSSR count). The Morgan fingerprint density at radius 2 is 2.00 bits per heavy atom. The van der Waals surface area contributed by atoms with Crippen molar-refractivity contribution in [1.82, 2.24) is 10.6 Å². The molecule has 68 valence electrons. The molecule has 4 heteroatoms. The molecule has 0 aromatic carbocycles. The first-order chi connectivity index (χ1) is 5.61. The van der Waals surface area contributed by atoms with Crippen LogP contribution in [0, 0.1) is 0 Å². The van der Waals surface area contributed by atoms with Crippen molar-refractivity contribution in [2.24, 2.45) is 0 Å². The summed E-state index contributed by atoms with van der Waals surface area (Å²) in [5, 5.41) is 4.97. The topological polar surface area (TPSA) is 58.2 Å². The van der Waals surface area contributed by atoms with Crippen LogP contribution in [0.3, 0.4) is 0 Å². The average Bonchev–Trinajstić information content (AvgIpc) is 2.04. The SMILES string of the molecule is C=C(CC(=O)NC)C(=O)NCC. The number of hydrogen-bond donors (Lipinski definition) is 2. The summed E-state index contributed by atoms with van der Waals surface area (Å²) in [6.45, 7) is 5.85. The minimum atomic E-state index is -0.263. The molecule has 0 heterocycles. The lowest BCUT2D eigenvalue weighted by Gasteiger charge is -2.03. The third-order valence-corrected chi connectivity index (χ3v) is 1.31.